The summed E-state index contributed by atoms with van der Waals surface area (Å²) >= 11 is 0. The summed E-state index contributed by atoms with van der Waals surface area (Å²) in [6.07, 6.45) is 6.96. The van der Waals surface area contributed by atoms with Crippen molar-refractivity contribution in [1.82, 2.24) is 5.32 Å². The van der Waals surface area contributed by atoms with Crippen LogP contribution < -0.4 is 5.32 Å². The largest absolute Gasteiger partial charge is 0.481 e. The lowest BCUT2D eigenvalue weighted by molar-refractivity contribution is -0.137. The van der Waals surface area contributed by atoms with Gasteiger partial charge in [-0.05, 0) is 18.8 Å². The minimum Gasteiger partial charge on any atom is -0.481 e. The first-order valence-electron chi connectivity index (χ1n) is 4.58. The van der Waals surface area contributed by atoms with Crippen LogP contribution in [0.4, 0.5) is 0 Å². The summed E-state index contributed by atoms with van der Waals surface area (Å²) in [6.45, 7) is 0. The van der Waals surface area contributed by atoms with Crippen LogP contribution in [0, 0.1) is 18.3 Å². The van der Waals surface area contributed by atoms with Crippen molar-refractivity contribution < 1.29 is 14.7 Å². The Bertz CT molecular complexity index is 276. The Kier molecular flexibility index (Phi) is 3.52. The molecule has 0 saturated heterocycles. The number of carbonyl (C=O) groups is 2. The number of hydrogen-bond donors (Lipinski definition) is 2. The third kappa shape index (κ3) is 3.48. The molecule has 1 saturated carbocycles. The molecule has 1 amide bonds. The van der Waals surface area contributed by atoms with E-state index in [2.05, 4.69) is 11.2 Å². The van der Waals surface area contributed by atoms with Gasteiger partial charge in [0.25, 0.3) is 0 Å². The molecule has 1 rings (SSSR count). The van der Waals surface area contributed by atoms with E-state index in [1.807, 2.05) is 0 Å². The van der Waals surface area contributed by atoms with E-state index in [1.165, 1.54) is 0 Å². The highest BCUT2D eigenvalue weighted by atomic mass is 16.4. The van der Waals surface area contributed by atoms with Gasteiger partial charge in [-0.15, -0.1) is 6.42 Å². The van der Waals surface area contributed by atoms with E-state index in [0.717, 1.165) is 12.8 Å². The molecule has 0 spiro atoms. The summed E-state index contributed by atoms with van der Waals surface area (Å²) in [5.41, 5.74) is 0. The Labute approximate surface area is 82.7 Å². The molecule has 0 aromatic rings. The van der Waals surface area contributed by atoms with E-state index in [9.17, 15) is 9.59 Å². The fraction of sp³-hybridized carbons (Fsp3) is 0.600. The van der Waals surface area contributed by atoms with E-state index in [1.54, 1.807) is 0 Å². The zero-order chi connectivity index (χ0) is 10.6. The molecule has 4 nitrogen and oxygen atoms in total. The number of carboxylic acids is 1. The van der Waals surface area contributed by atoms with Crippen LogP contribution in [0.5, 0.6) is 0 Å². The summed E-state index contributed by atoms with van der Waals surface area (Å²) in [6, 6.07) is -0.242. The average Bonchev–Trinajstić information content (AvgIpc) is 2.84. The third-order valence-electron chi connectivity index (χ3n) is 2.19. The molecule has 0 aromatic carbocycles. The smallest absolute Gasteiger partial charge is 0.305 e. The van der Waals surface area contributed by atoms with Crippen LogP contribution in [-0.2, 0) is 9.59 Å². The van der Waals surface area contributed by atoms with Gasteiger partial charge >= 0.3 is 5.97 Å². The second kappa shape index (κ2) is 4.66. The van der Waals surface area contributed by atoms with E-state index >= 15 is 0 Å². The second-order valence-corrected chi connectivity index (χ2v) is 3.49. The van der Waals surface area contributed by atoms with Gasteiger partial charge in [0.2, 0.25) is 5.91 Å². The van der Waals surface area contributed by atoms with Gasteiger partial charge in [-0.2, -0.15) is 0 Å². The lowest BCUT2D eigenvalue weighted by Gasteiger charge is -2.14. The summed E-state index contributed by atoms with van der Waals surface area (Å²) in [7, 11) is 0. The van der Waals surface area contributed by atoms with Crippen molar-refractivity contribution in [3.8, 4) is 12.3 Å². The third-order valence-corrected chi connectivity index (χ3v) is 2.19. The SMILES string of the molecule is C#CCC(=O)NC(CC(=O)O)C1CC1. The molecule has 76 valence electrons. The Morgan fingerprint density at radius 1 is 1.57 bits per heavy atom. The monoisotopic (exact) mass is 195 g/mol. The summed E-state index contributed by atoms with van der Waals surface area (Å²) in [5.74, 6) is 1.41. The first-order valence-corrected chi connectivity index (χ1v) is 4.58. The summed E-state index contributed by atoms with van der Waals surface area (Å²) in [5, 5.41) is 11.3. The van der Waals surface area contributed by atoms with Gasteiger partial charge in [0.05, 0.1) is 12.8 Å². The number of nitrogens with one attached hydrogen (secondary N) is 1. The van der Waals surface area contributed by atoms with Gasteiger partial charge in [-0.25, -0.2) is 0 Å². The maximum absolute atomic E-state index is 11.1. The fourth-order valence-corrected chi connectivity index (χ4v) is 1.37. The van der Waals surface area contributed by atoms with Crippen LogP contribution >= 0.6 is 0 Å². The van der Waals surface area contributed by atoms with Gasteiger partial charge in [-0.3, -0.25) is 9.59 Å². The molecule has 0 heterocycles. The van der Waals surface area contributed by atoms with Gasteiger partial charge in [0.1, 0.15) is 0 Å². The quantitative estimate of drug-likeness (QED) is 0.623. The molecule has 0 bridgehead atoms. The first kappa shape index (κ1) is 10.6. The van der Waals surface area contributed by atoms with E-state index in [4.69, 9.17) is 11.5 Å². The van der Waals surface area contributed by atoms with E-state index < -0.39 is 5.97 Å². The van der Waals surface area contributed by atoms with E-state index in [-0.39, 0.29) is 24.8 Å². The zero-order valence-corrected chi connectivity index (χ0v) is 7.82. The fourth-order valence-electron chi connectivity index (χ4n) is 1.37. The Morgan fingerprint density at radius 3 is 2.64 bits per heavy atom. The standard InChI is InChI=1S/C10H13NO3/c1-2-3-9(12)11-8(6-10(13)14)7-4-5-7/h1,7-8H,3-6H2,(H,11,12)(H,13,14). The van der Waals surface area contributed by atoms with Crippen molar-refractivity contribution in [2.45, 2.75) is 31.7 Å². The maximum atomic E-state index is 11.1. The highest BCUT2D eigenvalue weighted by Crippen LogP contribution is 2.33. The molecule has 0 radical (unpaired) electrons. The second-order valence-electron chi connectivity index (χ2n) is 3.49. The van der Waals surface area contributed by atoms with Crippen molar-refractivity contribution in [2.24, 2.45) is 5.92 Å². The Morgan fingerprint density at radius 2 is 2.21 bits per heavy atom. The van der Waals surface area contributed by atoms with Crippen molar-refractivity contribution in [1.29, 1.82) is 0 Å². The van der Waals surface area contributed by atoms with Crippen LogP contribution in [0.2, 0.25) is 0 Å². The molecule has 1 aliphatic rings. The van der Waals surface area contributed by atoms with Crippen LogP contribution in [0.1, 0.15) is 25.7 Å². The molecule has 4 heteroatoms. The Hall–Kier alpha value is -1.50. The van der Waals surface area contributed by atoms with Gasteiger partial charge in [0, 0.05) is 6.04 Å². The zero-order valence-electron chi connectivity index (χ0n) is 7.82. The minimum absolute atomic E-state index is 0.0129. The molecule has 1 unspecified atom stereocenters. The summed E-state index contributed by atoms with van der Waals surface area (Å²) in [4.78, 5) is 21.6. The number of carboxylic acid groups (broad SMARTS) is 1. The predicted octanol–water partition coefficient (Wildman–Crippen LogP) is 0.379. The Balaban J connectivity index is 2.39. The molecule has 0 aromatic heterocycles. The maximum Gasteiger partial charge on any atom is 0.305 e. The van der Waals surface area contributed by atoms with Crippen molar-refractivity contribution in [3.05, 3.63) is 0 Å². The lowest BCUT2D eigenvalue weighted by Crippen LogP contribution is -2.37. The molecule has 1 fully saturated rings. The highest BCUT2D eigenvalue weighted by Gasteiger charge is 2.33. The molecule has 1 atom stereocenters. The molecule has 0 aliphatic heterocycles. The average molecular weight is 195 g/mol. The predicted molar refractivity (Wildman–Crippen MR) is 50.4 cm³/mol. The molecular weight excluding hydrogens is 182 g/mol. The van der Waals surface area contributed by atoms with Crippen molar-refractivity contribution in [2.75, 3.05) is 0 Å². The van der Waals surface area contributed by atoms with Crippen LogP contribution in [0.3, 0.4) is 0 Å². The molecule has 14 heavy (non-hydrogen) atoms. The van der Waals surface area contributed by atoms with Crippen LogP contribution in [0.25, 0.3) is 0 Å². The summed E-state index contributed by atoms with van der Waals surface area (Å²) < 4.78 is 0. The van der Waals surface area contributed by atoms with Gasteiger partial charge in [0.15, 0.2) is 0 Å². The normalized spacial score (nSPS) is 16.8. The lowest BCUT2D eigenvalue weighted by atomic mass is 10.1. The number of aliphatic carboxylic acids is 1. The topological polar surface area (TPSA) is 66.4 Å². The highest BCUT2D eigenvalue weighted by molar-refractivity contribution is 5.79. The minimum atomic E-state index is -0.886. The van der Waals surface area contributed by atoms with Gasteiger partial charge in [-0.1, -0.05) is 5.92 Å². The van der Waals surface area contributed by atoms with Crippen LogP contribution in [-0.4, -0.2) is 23.0 Å². The van der Waals surface area contributed by atoms with Crippen LogP contribution in [0.15, 0.2) is 0 Å². The van der Waals surface area contributed by atoms with Crippen molar-refractivity contribution in [3.63, 3.8) is 0 Å². The first-order chi connectivity index (χ1) is 6.63. The van der Waals surface area contributed by atoms with E-state index in [0.29, 0.717) is 5.92 Å². The molecular formula is C10H13NO3. The number of terminal acetylenes is 1. The van der Waals surface area contributed by atoms with Crippen molar-refractivity contribution >= 4 is 11.9 Å². The molecule has 2 N–H and O–H groups in total. The number of rotatable bonds is 5. The molecule has 1 aliphatic carbocycles. The number of carbonyl (C=O) groups excluding carboxylic acids is 1. The number of hydrogen-bond acceptors (Lipinski definition) is 2. The van der Waals surface area contributed by atoms with Gasteiger partial charge < -0.3 is 10.4 Å². The number of amides is 1.